The van der Waals surface area contributed by atoms with Gasteiger partial charge in [-0.15, -0.1) is 0 Å². The zero-order valence-corrected chi connectivity index (χ0v) is 11.0. The molecule has 0 spiro atoms. The number of alkyl halides is 2. The lowest BCUT2D eigenvalue weighted by molar-refractivity contribution is -0.118. The second kappa shape index (κ2) is 7.68. The van der Waals surface area contributed by atoms with Gasteiger partial charge in [-0.2, -0.15) is 8.78 Å². The van der Waals surface area contributed by atoms with Crippen LogP contribution in [0.15, 0.2) is 24.3 Å². The molecule has 0 aliphatic carbocycles. The van der Waals surface area contributed by atoms with Crippen molar-refractivity contribution in [1.82, 2.24) is 10.6 Å². The molecule has 106 valence electrons. The van der Waals surface area contributed by atoms with E-state index < -0.39 is 6.61 Å². The average Bonchev–Trinajstić information content (AvgIpc) is 2.33. The third-order valence-electron chi connectivity index (χ3n) is 2.53. The van der Waals surface area contributed by atoms with Crippen molar-refractivity contribution in [3.05, 3.63) is 29.8 Å². The quantitative estimate of drug-likeness (QED) is 0.747. The summed E-state index contributed by atoms with van der Waals surface area (Å²) in [6.45, 7) is 1.66. The molecule has 2 N–H and O–H groups in total. The Balaban J connectivity index is 2.47. The first-order chi connectivity index (χ1) is 8.99. The van der Waals surface area contributed by atoms with E-state index in [0.29, 0.717) is 13.1 Å². The van der Waals surface area contributed by atoms with Crippen LogP contribution in [0.1, 0.15) is 25.5 Å². The van der Waals surface area contributed by atoms with E-state index in [-0.39, 0.29) is 17.7 Å². The number of amides is 1. The van der Waals surface area contributed by atoms with Crippen LogP contribution in [0.4, 0.5) is 8.78 Å². The van der Waals surface area contributed by atoms with E-state index in [1.165, 1.54) is 13.0 Å². The summed E-state index contributed by atoms with van der Waals surface area (Å²) in [5, 5.41) is 5.84. The number of carbonyl (C=O) groups is 1. The van der Waals surface area contributed by atoms with Gasteiger partial charge in [0.15, 0.2) is 0 Å². The van der Waals surface area contributed by atoms with E-state index in [1.807, 2.05) is 13.0 Å². The minimum Gasteiger partial charge on any atom is -0.435 e. The van der Waals surface area contributed by atoms with Crippen molar-refractivity contribution in [3.63, 3.8) is 0 Å². The average molecular weight is 272 g/mol. The molecule has 0 fully saturated rings. The predicted molar refractivity (Wildman–Crippen MR) is 68.2 cm³/mol. The topological polar surface area (TPSA) is 50.4 Å². The molecule has 0 aromatic heterocycles. The molecule has 6 heteroatoms. The fourth-order valence-electron chi connectivity index (χ4n) is 1.61. The summed E-state index contributed by atoms with van der Waals surface area (Å²) in [6.07, 6.45) is 0. The van der Waals surface area contributed by atoms with Crippen molar-refractivity contribution >= 4 is 5.91 Å². The largest absolute Gasteiger partial charge is 0.435 e. The molecule has 0 bridgehead atoms. The van der Waals surface area contributed by atoms with Crippen LogP contribution < -0.4 is 15.4 Å². The van der Waals surface area contributed by atoms with Crippen LogP contribution in [0, 0.1) is 0 Å². The van der Waals surface area contributed by atoms with Crippen LogP contribution >= 0.6 is 0 Å². The summed E-state index contributed by atoms with van der Waals surface area (Å²) in [6, 6.07) is 6.53. The molecule has 1 atom stereocenters. The van der Waals surface area contributed by atoms with Gasteiger partial charge in [0, 0.05) is 26.1 Å². The van der Waals surface area contributed by atoms with Crippen LogP contribution in [0.5, 0.6) is 5.75 Å². The van der Waals surface area contributed by atoms with Crippen LogP contribution in [-0.4, -0.2) is 25.6 Å². The smallest absolute Gasteiger partial charge is 0.387 e. The van der Waals surface area contributed by atoms with Crippen molar-refractivity contribution in [2.24, 2.45) is 0 Å². The maximum absolute atomic E-state index is 12.1. The summed E-state index contributed by atoms with van der Waals surface area (Å²) in [5.41, 5.74) is 0.848. The Hall–Kier alpha value is -1.69. The summed E-state index contributed by atoms with van der Waals surface area (Å²) in [5.74, 6) is 0.0600. The molecule has 1 rings (SSSR count). The molecule has 0 aliphatic heterocycles. The monoisotopic (exact) mass is 272 g/mol. The lowest BCUT2D eigenvalue weighted by atomic mass is 10.1. The highest BCUT2D eigenvalue weighted by Crippen LogP contribution is 2.20. The van der Waals surface area contributed by atoms with Crippen LogP contribution in [0.2, 0.25) is 0 Å². The third-order valence-corrected chi connectivity index (χ3v) is 2.53. The van der Waals surface area contributed by atoms with E-state index in [2.05, 4.69) is 15.4 Å². The minimum atomic E-state index is -2.82. The normalized spacial score (nSPS) is 12.3. The van der Waals surface area contributed by atoms with E-state index in [1.54, 1.807) is 12.1 Å². The van der Waals surface area contributed by atoms with Gasteiger partial charge in [0.25, 0.3) is 0 Å². The Morgan fingerprint density at radius 2 is 2.11 bits per heavy atom. The summed E-state index contributed by atoms with van der Waals surface area (Å²) < 4.78 is 28.5. The Bertz CT molecular complexity index is 413. The van der Waals surface area contributed by atoms with Gasteiger partial charge in [-0.05, 0) is 24.6 Å². The molecule has 19 heavy (non-hydrogen) atoms. The molecular weight excluding hydrogens is 254 g/mol. The number of rotatable bonds is 7. The fraction of sp³-hybridized carbons (Fsp3) is 0.462. The standard InChI is InChI=1S/C13H18F2N2O2/c1-9(16-6-7-17-10(2)18)11-4-3-5-12(8-11)19-13(14)15/h3-5,8-9,13,16H,6-7H2,1-2H3,(H,17,18). The van der Waals surface area contributed by atoms with Crippen molar-refractivity contribution in [3.8, 4) is 5.75 Å². The van der Waals surface area contributed by atoms with Crippen molar-refractivity contribution in [2.45, 2.75) is 26.5 Å². The predicted octanol–water partition coefficient (Wildman–Crippen LogP) is 2.07. The Morgan fingerprint density at radius 3 is 2.74 bits per heavy atom. The number of ether oxygens (including phenoxy) is 1. The Labute approximate surface area is 111 Å². The number of hydrogen-bond acceptors (Lipinski definition) is 3. The van der Waals surface area contributed by atoms with Crippen molar-refractivity contribution < 1.29 is 18.3 Å². The van der Waals surface area contributed by atoms with Crippen molar-refractivity contribution in [2.75, 3.05) is 13.1 Å². The zero-order valence-electron chi connectivity index (χ0n) is 11.0. The maximum atomic E-state index is 12.1. The van der Waals surface area contributed by atoms with E-state index in [0.717, 1.165) is 5.56 Å². The molecule has 0 saturated heterocycles. The van der Waals surface area contributed by atoms with Crippen LogP contribution in [0.3, 0.4) is 0 Å². The van der Waals surface area contributed by atoms with Gasteiger partial charge in [-0.3, -0.25) is 4.79 Å². The lowest BCUT2D eigenvalue weighted by Gasteiger charge is -2.15. The van der Waals surface area contributed by atoms with Gasteiger partial charge in [-0.1, -0.05) is 12.1 Å². The van der Waals surface area contributed by atoms with Gasteiger partial charge < -0.3 is 15.4 Å². The van der Waals surface area contributed by atoms with Crippen LogP contribution in [0.25, 0.3) is 0 Å². The van der Waals surface area contributed by atoms with Gasteiger partial charge >= 0.3 is 6.61 Å². The summed E-state index contributed by atoms with van der Waals surface area (Å²) in [7, 11) is 0. The van der Waals surface area contributed by atoms with Crippen molar-refractivity contribution in [1.29, 1.82) is 0 Å². The van der Waals surface area contributed by atoms with Gasteiger partial charge in [0.05, 0.1) is 0 Å². The molecule has 0 saturated carbocycles. The van der Waals surface area contributed by atoms with Gasteiger partial charge in [-0.25, -0.2) is 0 Å². The SMILES string of the molecule is CC(=O)NCCNC(C)c1cccc(OC(F)F)c1. The molecule has 1 unspecified atom stereocenters. The second-order valence-electron chi connectivity index (χ2n) is 4.11. The molecule has 1 aromatic carbocycles. The number of nitrogens with one attached hydrogen (secondary N) is 2. The molecule has 0 aliphatic rings. The highest BCUT2D eigenvalue weighted by molar-refractivity contribution is 5.72. The molecule has 1 amide bonds. The first-order valence-electron chi connectivity index (χ1n) is 6.01. The molecule has 4 nitrogen and oxygen atoms in total. The summed E-state index contributed by atoms with van der Waals surface area (Å²) >= 11 is 0. The van der Waals surface area contributed by atoms with Gasteiger partial charge in [0.2, 0.25) is 5.91 Å². The van der Waals surface area contributed by atoms with Crippen LogP contribution in [-0.2, 0) is 4.79 Å². The van der Waals surface area contributed by atoms with Gasteiger partial charge in [0.1, 0.15) is 5.75 Å². The maximum Gasteiger partial charge on any atom is 0.387 e. The number of carbonyl (C=O) groups excluding carboxylic acids is 1. The minimum absolute atomic E-state index is 0.0185. The zero-order chi connectivity index (χ0) is 14.3. The third kappa shape index (κ3) is 6.15. The Kier molecular flexibility index (Phi) is 6.21. The summed E-state index contributed by atoms with van der Waals surface area (Å²) in [4.78, 5) is 10.7. The number of benzene rings is 1. The Morgan fingerprint density at radius 1 is 1.37 bits per heavy atom. The van der Waals surface area contributed by atoms with E-state index in [4.69, 9.17) is 0 Å². The highest BCUT2D eigenvalue weighted by atomic mass is 19.3. The highest BCUT2D eigenvalue weighted by Gasteiger charge is 2.08. The molecule has 1 aromatic rings. The first-order valence-corrected chi connectivity index (χ1v) is 6.01. The number of hydrogen-bond donors (Lipinski definition) is 2. The lowest BCUT2D eigenvalue weighted by Crippen LogP contribution is -2.31. The van der Waals surface area contributed by atoms with E-state index >= 15 is 0 Å². The molecule has 0 radical (unpaired) electrons. The molecule has 0 heterocycles. The second-order valence-corrected chi connectivity index (χ2v) is 4.11. The number of halogens is 2. The fourth-order valence-corrected chi connectivity index (χ4v) is 1.61. The molecular formula is C13H18F2N2O2. The first kappa shape index (κ1) is 15.4. The van der Waals surface area contributed by atoms with E-state index in [9.17, 15) is 13.6 Å².